The van der Waals surface area contributed by atoms with Crippen molar-refractivity contribution in [3.05, 3.63) is 70.5 Å². The molecule has 0 unspecified atom stereocenters. The Morgan fingerprint density at radius 3 is 2.26 bits per heavy atom. The van der Waals surface area contributed by atoms with Crippen molar-refractivity contribution in [1.82, 2.24) is 10.6 Å². The van der Waals surface area contributed by atoms with Gasteiger partial charge in [0.2, 0.25) is 11.8 Å². The van der Waals surface area contributed by atoms with Gasteiger partial charge in [-0.1, -0.05) is 48.0 Å². The second-order valence-corrected chi connectivity index (χ2v) is 5.32. The van der Waals surface area contributed by atoms with Crippen LogP contribution in [0.1, 0.15) is 11.1 Å². The molecule has 4 nitrogen and oxygen atoms in total. The Balaban J connectivity index is 1.75. The maximum Gasteiger partial charge on any atom is 0.239 e. The largest absolute Gasteiger partial charge is 0.350 e. The van der Waals surface area contributed by atoms with E-state index in [1.807, 2.05) is 6.07 Å². The van der Waals surface area contributed by atoms with Crippen LogP contribution in [0.15, 0.2) is 48.5 Å². The van der Waals surface area contributed by atoms with Crippen molar-refractivity contribution >= 4 is 23.4 Å². The SMILES string of the molecule is O=C(CNC(=O)Cc1ccccc1F)NCc1ccccc1Cl. The molecular weight excluding hydrogens is 319 g/mol. The Morgan fingerprint density at radius 1 is 0.913 bits per heavy atom. The van der Waals surface area contributed by atoms with E-state index in [9.17, 15) is 14.0 Å². The van der Waals surface area contributed by atoms with Crippen LogP contribution < -0.4 is 10.6 Å². The van der Waals surface area contributed by atoms with Gasteiger partial charge in [-0.3, -0.25) is 9.59 Å². The molecule has 0 aliphatic rings. The number of carbonyl (C=O) groups excluding carboxylic acids is 2. The lowest BCUT2D eigenvalue weighted by Gasteiger charge is -2.08. The van der Waals surface area contributed by atoms with Gasteiger partial charge >= 0.3 is 0 Å². The third-order valence-corrected chi connectivity index (χ3v) is 3.56. The number of carbonyl (C=O) groups is 2. The summed E-state index contributed by atoms with van der Waals surface area (Å²) in [6, 6.07) is 13.2. The smallest absolute Gasteiger partial charge is 0.239 e. The maximum atomic E-state index is 13.4. The second kappa shape index (κ2) is 8.29. The van der Waals surface area contributed by atoms with Crippen LogP contribution in [0, 0.1) is 5.82 Å². The Labute approximate surface area is 138 Å². The number of hydrogen-bond acceptors (Lipinski definition) is 2. The van der Waals surface area contributed by atoms with Gasteiger partial charge in [0, 0.05) is 11.6 Å². The summed E-state index contributed by atoms with van der Waals surface area (Å²) in [5, 5.41) is 5.68. The molecule has 120 valence electrons. The van der Waals surface area contributed by atoms with Gasteiger partial charge in [0.25, 0.3) is 0 Å². The quantitative estimate of drug-likeness (QED) is 0.852. The molecule has 2 aromatic rings. The number of rotatable bonds is 6. The maximum absolute atomic E-state index is 13.4. The van der Waals surface area contributed by atoms with E-state index < -0.39 is 11.7 Å². The zero-order chi connectivity index (χ0) is 16.7. The summed E-state index contributed by atoms with van der Waals surface area (Å²) in [6.45, 7) is 0.111. The molecule has 0 aromatic heterocycles. The molecule has 0 fully saturated rings. The highest BCUT2D eigenvalue weighted by atomic mass is 35.5. The van der Waals surface area contributed by atoms with E-state index in [4.69, 9.17) is 11.6 Å². The van der Waals surface area contributed by atoms with Gasteiger partial charge in [-0.15, -0.1) is 0 Å². The highest BCUT2D eigenvalue weighted by Gasteiger charge is 2.09. The molecule has 0 aliphatic carbocycles. The number of nitrogens with one attached hydrogen (secondary N) is 2. The summed E-state index contributed by atoms with van der Waals surface area (Å²) >= 11 is 5.98. The van der Waals surface area contributed by atoms with Gasteiger partial charge in [-0.2, -0.15) is 0 Å². The Bertz CT molecular complexity index is 706. The lowest BCUT2D eigenvalue weighted by atomic mass is 10.1. The molecular formula is C17H16ClFN2O2. The average molecular weight is 335 g/mol. The van der Waals surface area contributed by atoms with Crippen molar-refractivity contribution in [1.29, 1.82) is 0 Å². The molecule has 6 heteroatoms. The standard InChI is InChI=1S/C17H16ClFN2O2/c18-14-7-3-1-6-13(14)10-20-17(23)11-21-16(22)9-12-5-2-4-8-15(12)19/h1-8H,9-11H2,(H,20,23)(H,21,22). The molecule has 2 rings (SSSR count). The molecule has 0 aliphatic heterocycles. The number of benzene rings is 2. The fraction of sp³-hybridized carbons (Fsp3) is 0.176. The highest BCUT2D eigenvalue weighted by molar-refractivity contribution is 6.31. The van der Waals surface area contributed by atoms with Crippen LogP contribution in [0.3, 0.4) is 0 Å². The fourth-order valence-electron chi connectivity index (χ4n) is 1.95. The Hall–Kier alpha value is -2.40. The van der Waals surface area contributed by atoms with Crippen LogP contribution in [0.4, 0.5) is 4.39 Å². The third-order valence-electron chi connectivity index (χ3n) is 3.19. The zero-order valence-corrected chi connectivity index (χ0v) is 13.1. The predicted octanol–water partition coefficient (Wildman–Crippen LogP) is 2.45. The van der Waals surface area contributed by atoms with E-state index in [1.54, 1.807) is 30.3 Å². The van der Waals surface area contributed by atoms with Crippen molar-refractivity contribution in [2.24, 2.45) is 0 Å². The molecule has 2 amide bonds. The third kappa shape index (κ3) is 5.38. The molecule has 0 heterocycles. The Morgan fingerprint density at radius 2 is 1.57 bits per heavy atom. The van der Waals surface area contributed by atoms with Crippen LogP contribution in [-0.4, -0.2) is 18.4 Å². The van der Waals surface area contributed by atoms with Gasteiger partial charge in [-0.05, 0) is 23.3 Å². The van der Waals surface area contributed by atoms with E-state index in [2.05, 4.69) is 10.6 Å². The minimum atomic E-state index is -0.439. The monoisotopic (exact) mass is 334 g/mol. The normalized spacial score (nSPS) is 10.2. The van der Waals surface area contributed by atoms with Crippen LogP contribution >= 0.6 is 11.6 Å². The summed E-state index contributed by atoms with van der Waals surface area (Å²) < 4.78 is 13.4. The summed E-state index contributed by atoms with van der Waals surface area (Å²) in [4.78, 5) is 23.4. The molecule has 0 saturated heterocycles. The topological polar surface area (TPSA) is 58.2 Å². The van der Waals surface area contributed by atoms with E-state index in [-0.39, 0.29) is 25.4 Å². The molecule has 0 bridgehead atoms. The van der Waals surface area contributed by atoms with E-state index in [0.29, 0.717) is 10.6 Å². The van der Waals surface area contributed by atoms with Crippen LogP contribution in [0.25, 0.3) is 0 Å². The average Bonchev–Trinajstić information content (AvgIpc) is 2.54. The molecule has 2 aromatic carbocycles. The Kier molecular flexibility index (Phi) is 6.11. The first kappa shape index (κ1) is 17.0. The first-order valence-corrected chi connectivity index (χ1v) is 7.44. The van der Waals surface area contributed by atoms with Gasteiger partial charge in [0.05, 0.1) is 13.0 Å². The molecule has 0 saturated carbocycles. The van der Waals surface area contributed by atoms with Crippen molar-refractivity contribution in [2.75, 3.05) is 6.54 Å². The van der Waals surface area contributed by atoms with Crippen molar-refractivity contribution in [3.8, 4) is 0 Å². The summed E-state index contributed by atoms with van der Waals surface area (Å²) in [7, 11) is 0. The second-order valence-electron chi connectivity index (χ2n) is 4.91. The zero-order valence-electron chi connectivity index (χ0n) is 12.3. The molecule has 0 spiro atoms. The lowest BCUT2D eigenvalue weighted by Crippen LogP contribution is -2.37. The predicted molar refractivity (Wildman–Crippen MR) is 86.4 cm³/mol. The number of hydrogen-bond donors (Lipinski definition) is 2. The minimum Gasteiger partial charge on any atom is -0.350 e. The van der Waals surface area contributed by atoms with Gasteiger partial charge < -0.3 is 10.6 Å². The van der Waals surface area contributed by atoms with Gasteiger partial charge in [0.1, 0.15) is 5.82 Å². The van der Waals surface area contributed by atoms with Crippen LogP contribution in [0.5, 0.6) is 0 Å². The molecule has 0 radical (unpaired) electrons. The first-order chi connectivity index (χ1) is 11.1. The van der Waals surface area contributed by atoms with Crippen molar-refractivity contribution in [2.45, 2.75) is 13.0 Å². The molecule has 0 atom stereocenters. The lowest BCUT2D eigenvalue weighted by molar-refractivity contribution is -0.125. The van der Waals surface area contributed by atoms with E-state index in [0.717, 1.165) is 5.56 Å². The van der Waals surface area contributed by atoms with E-state index in [1.165, 1.54) is 12.1 Å². The van der Waals surface area contributed by atoms with Gasteiger partial charge in [-0.25, -0.2) is 4.39 Å². The minimum absolute atomic E-state index is 0.107. The highest BCUT2D eigenvalue weighted by Crippen LogP contribution is 2.14. The number of halogens is 2. The van der Waals surface area contributed by atoms with Crippen molar-refractivity contribution < 1.29 is 14.0 Å². The van der Waals surface area contributed by atoms with Crippen LogP contribution in [0.2, 0.25) is 5.02 Å². The van der Waals surface area contributed by atoms with Crippen LogP contribution in [-0.2, 0) is 22.6 Å². The summed E-state index contributed by atoms with van der Waals surface area (Å²) in [6.07, 6.45) is -0.107. The first-order valence-electron chi connectivity index (χ1n) is 7.06. The molecule has 23 heavy (non-hydrogen) atoms. The summed E-state index contributed by atoms with van der Waals surface area (Å²) in [5.41, 5.74) is 1.08. The van der Waals surface area contributed by atoms with Gasteiger partial charge in [0.15, 0.2) is 0 Å². The van der Waals surface area contributed by atoms with Crippen molar-refractivity contribution in [3.63, 3.8) is 0 Å². The number of amides is 2. The summed E-state index contributed by atoms with van der Waals surface area (Å²) in [5.74, 6) is -1.19. The van der Waals surface area contributed by atoms with E-state index >= 15 is 0 Å². The fourth-order valence-corrected chi connectivity index (χ4v) is 2.16. The molecule has 2 N–H and O–H groups in total.